The number of nitrogens with zero attached hydrogens (tertiary/aromatic N) is 1. The first-order valence-corrected chi connectivity index (χ1v) is 15.6. The lowest BCUT2D eigenvalue weighted by Crippen LogP contribution is -2.49. The van der Waals surface area contributed by atoms with E-state index in [0.717, 1.165) is 46.9 Å². The molecule has 3 atom stereocenters. The number of carbonyl (C=O) groups excluding carboxylic acids is 2. The lowest BCUT2D eigenvalue weighted by molar-refractivity contribution is -0.274. The van der Waals surface area contributed by atoms with E-state index in [1.807, 2.05) is 12.1 Å². The van der Waals surface area contributed by atoms with Gasteiger partial charge in [0.2, 0.25) is 21.8 Å². The smallest absolute Gasteiger partial charge is 0.497 e. The molecule has 3 unspecified atom stereocenters. The van der Waals surface area contributed by atoms with Crippen molar-refractivity contribution in [2.45, 2.75) is 42.8 Å². The van der Waals surface area contributed by atoms with Gasteiger partial charge in [0.1, 0.15) is 35.8 Å². The second kappa shape index (κ2) is 13.4. The topological polar surface area (TPSA) is 111 Å². The number of hydrogen-bond acceptors (Lipinski definition) is 7. The molecule has 0 aliphatic carbocycles. The van der Waals surface area contributed by atoms with E-state index >= 15 is 0 Å². The van der Waals surface area contributed by atoms with Gasteiger partial charge in [-0.2, -0.15) is 4.72 Å². The molecule has 1 fully saturated rings. The monoisotopic (exact) mass is 672 g/mol. The Kier molecular flexibility index (Phi) is 9.54. The molecular formula is C33H28F4N2O7S. The fourth-order valence-electron chi connectivity index (χ4n) is 5.24. The summed E-state index contributed by atoms with van der Waals surface area (Å²) < 4.78 is 94.6. The number of alkyl halides is 3. The third kappa shape index (κ3) is 7.72. The summed E-state index contributed by atoms with van der Waals surface area (Å²) in [7, 11) is -2.85. The molecule has 1 heterocycles. The van der Waals surface area contributed by atoms with Gasteiger partial charge < -0.3 is 14.2 Å². The van der Waals surface area contributed by atoms with Crippen molar-refractivity contribution in [2.75, 3.05) is 7.11 Å². The Hall–Kier alpha value is -4.95. The summed E-state index contributed by atoms with van der Waals surface area (Å²) in [6, 6.07) is 22.3. The number of likely N-dealkylation sites (tertiary alicyclic amines) is 1. The van der Waals surface area contributed by atoms with Crippen LogP contribution in [0.15, 0.2) is 102 Å². The minimum atomic E-state index is -4.97. The molecule has 2 amide bonds. The van der Waals surface area contributed by atoms with Crippen molar-refractivity contribution in [3.63, 3.8) is 0 Å². The first kappa shape index (κ1) is 33.4. The van der Waals surface area contributed by atoms with E-state index in [1.165, 1.54) is 19.1 Å². The molecule has 0 radical (unpaired) electrons. The zero-order valence-corrected chi connectivity index (χ0v) is 25.7. The predicted octanol–water partition coefficient (Wildman–Crippen LogP) is 5.87. The van der Waals surface area contributed by atoms with Crippen LogP contribution in [0.4, 0.5) is 17.6 Å². The van der Waals surface area contributed by atoms with Crippen molar-refractivity contribution in [3.8, 4) is 17.2 Å². The van der Waals surface area contributed by atoms with Crippen molar-refractivity contribution in [1.82, 2.24) is 9.62 Å². The van der Waals surface area contributed by atoms with Crippen LogP contribution in [-0.4, -0.2) is 44.8 Å². The number of benzene rings is 4. The molecule has 1 saturated heterocycles. The van der Waals surface area contributed by atoms with Gasteiger partial charge in [0.25, 0.3) is 0 Å². The Bertz CT molecular complexity index is 1830. The van der Waals surface area contributed by atoms with Crippen LogP contribution >= 0.6 is 0 Å². The molecular weight excluding hydrogens is 644 g/mol. The normalized spacial score (nSPS) is 17.4. The van der Waals surface area contributed by atoms with Crippen molar-refractivity contribution in [1.29, 1.82) is 0 Å². The number of rotatable bonds is 11. The number of carbonyl (C=O) groups is 2. The van der Waals surface area contributed by atoms with E-state index in [1.54, 1.807) is 43.5 Å². The van der Waals surface area contributed by atoms with Crippen LogP contribution in [0.25, 0.3) is 0 Å². The van der Waals surface area contributed by atoms with Crippen LogP contribution in [0.3, 0.4) is 0 Å². The van der Waals surface area contributed by atoms with Gasteiger partial charge in [0, 0.05) is 0 Å². The summed E-state index contributed by atoms with van der Waals surface area (Å²) >= 11 is 0. The Balaban J connectivity index is 1.37. The standard InChI is InChI=1S/C33H28F4N2O7S/c1-20(38-47(42,43)28-17-15-27(16-18-28)46-33(35,36)37)39-31(40)29(22-5-9-24(34)10-6-22)30(32(39)41)23-7-13-26(14-8-23)45-19-21-3-11-25(44-2)12-4-21/h3-18,20,29-30,38H,19H2,1-2H3. The zero-order valence-electron chi connectivity index (χ0n) is 24.9. The fourth-order valence-corrected chi connectivity index (χ4v) is 6.43. The largest absolute Gasteiger partial charge is 0.573 e. The SMILES string of the molecule is COc1ccc(COc2ccc(C3C(=O)N(C(C)NS(=O)(=O)c4ccc(OC(F)(F)F)cc4)C(=O)C3c3ccc(F)cc3)cc2)cc1. The van der Waals surface area contributed by atoms with Crippen LogP contribution < -0.4 is 18.9 Å². The van der Waals surface area contributed by atoms with Gasteiger partial charge in [-0.3, -0.25) is 14.5 Å². The first-order valence-electron chi connectivity index (χ1n) is 14.1. The number of nitrogens with one attached hydrogen (secondary N) is 1. The first-order chi connectivity index (χ1) is 22.3. The third-order valence-electron chi connectivity index (χ3n) is 7.45. The number of halogens is 4. The Morgan fingerprint density at radius 1 is 0.766 bits per heavy atom. The maximum atomic E-state index is 13.9. The maximum Gasteiger partial charge on any atom is 0.573 e. The number of ether oxygens (including phenoxy) is 3. The van der Waals surface area contributed by atoms with E-state index in [4.69, 9.17) is 9.47 Å². The van der Waals surface area contributed by atoms with Crippen LogP contribution in [0, 0.1) is 5.82 Å². The lowest BCUT2D eigenvalue weighted by Gasteiger charge is -2.24. The molecule has 4 aromatic rings. The summed E-state index contributed by atoms with van der Waals surface area (Å²) in [6.07, 6.45) is -6.36. The Morgan fingerprint density at radius 2 is 1.26 bits per heavy atom. The molecule has 14 heteroatoms. The number of methoxy groups -OCH3 is 1. The van der Waals surface area contributed by atoms with E-state index in [0.29, 0.717) is 22.6 Å². The molecule has 47 heavy (non-hydrogen) atoms. The average molecular weight is 673 g/mol. The molecule has 1 aliphatic rings. The predicted molar refractivity (Wildman–Crippen MR) is 160 cm³/mol. The average Bonchev–Trinajstić information content (AvgIpc) is 3.29. The highest BCUT2D eigenvalue weighted by Crippen LogP contribution is 2.43. The Morgan fingerprint density at radius 3 is 1.77 bits per heavy atom. The van der Waals surface area contributed by atoms with Crippen LogP contribution in [0.5, 0.6) is 17.2 Å². The molecule has 0 saturated carbocycles. The fraction of sp³-hybridized carbons (Fsp3) is 0.212. The van der Waals surface area contributed by atoms with Crippen molar-refractivity contribution >= 4 is 21.8 Å². The molecule has 1 aliphatic heterocycles. The van der Waals surface area contributed by atoms with Gasteiger partial charge in [-0.05, 0) is 84.3 Å². The summed E-state index contributed by atoms with van der Waals surface area (Å²) in [5, 5.41) is 0. The molecule has 0 spiro atoms. The molecule has 0 aromatic heterocycles. The number of amides is 2. The van der Waals surface area contributed by atoms with Gasteiger partial charge >= 0.3 is 6.36 Å². The highest BCUT2D eigenvalue weighted by Gasteiger charge is 2.51. The molecule has 246 valence electrons. The second-order valence-electron chi connectivity index (χ2n) is 10.6. The Labute approximate surface area is 267 Å². The van der Waals surface area contributed by atoms with Gasteiger partial charge in [0.15, 0.2) is 0 Å². The molecule has 0 bridgehead atoms. The van der Waals surface area contributed by atoms with Crippen molar-refractivity contribution in [3.05, 3.63) is 120 Å². The summed E-state index contributed by atoms with van der Waals surface area (Å²) in [5.41, 5.74) is 1.67. The molecule has 4 aromatic carbocycles. The number of sulfonamides is 1. The second-order valence-corrected chi connectivity index (χ2v) is 12.3. The summed E-state index contributed by atoms with van der Waals surface area (Å²) in [4.78, 5) is 28.1. The lowest BCUT2D eigenvalue weighted by atomic mass is 9.83. The minimum Gasteiger partial charge on any atom is -0.497 e. The highest BCUT2D eigenvalue weighted by molar-refractivity contribution is 7.89. The quantitative estimate of drug-likeness (QED) is 0.157. The van der Waals surface area contributed by atoms with Gasteiger partial charge in [-0.25, -0.2) is 12.8 Å². The van der Waals surface area contributed by atoms with E-state index in [9.17, 15) is 35.6 Å². The van der Waals surface area contributed by atoms with Crippen LogP contribution in [0.1, 0.15) is 35.4 Å². The van der Waals surface area contributed by atoms with Crippen LogP contribution in [0.2, 0.25) is 0 Å². The van der Waals surface area contributed by atoms with E-state index < -0.39 is 62.7 Å². The van der Waals surface area contributed by atoms with Crippen LogP contribution in [-0.2, 0) is 26.2 Å². The molecule has 1 N–H and O–H groups in total. The minimum absolute atomic E-state index is 0.256. The highest BCUT2D eigenvalue weighted by atomic mass is 32.2. The van der Waals surface area contributed by atoms with Crippen molar-refractivity contribution < 1.29 is 49.8 Å². The molecule has 9 nitrogen and oxygen atoms in total. The van der Waals surface area contributed by atoms with Gasteiger partial charge in [0.05, 0.1) is 23.8 Å². The van der Waals surface area contributed by atoms with E-state index in [-0.39, 0.29) is 6.61 Å². The number of hydrogen-bond donors (Lipinski definition) is 1. The summed E-state index contributed by atoms with van der Waals surface area (Å²) in [6.45, 7) is 1.54. The third-order valence-corrected chi connectivity index (χ3v) is 9.00. The van der Waals surface area contributed by atoms with Gasteiger partial charge in [-0.15, -0.1) is 13.2 Å². The number of imide groups is 1. The molecule has 5 rings (SSSR count). The summed E-state index contributed by atoms with van der Waals surface area (Å²) in [5.74, 6) is -3.62. The van der Waals surface area contributed by atoms with Crippen molar-refractivity contribution in [2.24, 2.45) is 0 Å². The van der Waals surface area contributed by atoms with Gasteiger partial charge in [-0.1, -0.05) is 36.4 Å². The zero-order chi connectivity index (χ0) is 33.9. The maximum absolute atomic E-state index is 13.9. The van der Waals surface area contributed by atoms with E-state index in [2.05, 4.69) is 9.46 Å².